The number of amides is 1. The molecule has 7 nitrogen and oxygen atoms in total. The van der Waals surface area contributed by atoms with E-state index < -0.39 is 16.3 Å². The van der Waals surface area contributed by atoms with E-state index in [0.29, 0.717) is 12.2 Å². The summed E-state index contributed by atoms with van der Waals surface area (Å²) in [4.78, 5) is 12.6. The molecule has 132 valence electrons. The number of hydrogen-bond donors (Lipinski definition) is 2. The topological polar surface area (TPSA) is 81.8 Å². The largest absolute Gasteiger partial charge is 0.351 e. The Balaban J connectivity index is 1.97. The molecule has 1 fully saturated rings. The van der Waals surface area contributed by atoms with Crippen LogP contribution in [0.15, 0.2) is 35.6 Å². The number of hydrogen-bond acceptors (Lipinski definition) is 4. The van der Waals surface area contributed by atoms with Gasteiger partial charge in [0.15, 0.2) is 0 Å². The van der Waals surface area contributed by atoms with E-state index in [0.717, 1.165) is 35.7 Å². The monoisotopic (exact) mass is 352 g/mol. The van der Waals surface area contributed by atoms with Crippen LogP contribution in [-0.4, -0.2) is 62.2 Å². The fourth-order valence-electron chi connectivity index (χ4n) is 2.81. The molecule has 0 radical (unpaired) electrons. The Hall–Kier alpha value is -1.64. The second-order valence-electron chi connectivity index (χ2n) is 6.43. The van der Waals surface area contributed by atoms with E-state index in [1.54, 1.807) is 18.2 Å². The Morgan fingerprint density at radius 3 is 2.71 bits per heavy atom. The van der Waals surface area contributed by atoms with Crippen LogP contribution in [0.25, 0.3) is 0 Å². The molecule has 2 aliphatic heterocycles. The summed E-state index contributed by atoms with van der Waals surface area (Å²) in [7, 11) is -0.815. The standard InChI is InChI=1S/C16H24N4O3S/c1-19(2)24(22,23)20-14(12-8-10-17-11-9-12)4-3-5-15(20)16(21)18-13-6-7-13/h3-5,8,13,15,17H,6-7,9-11H2,1-2H3,(H,18,21). The van der Waals surface area contributed by atoms with Gasteiger partial charge < -0.3 is 10.6 Å². The van der Waals surface area contributed by atoms with Crippen LogP contribution in [0.1, 0.15) is 19.3 Å². The van der Waals surface area contributed by atoms with Crippen LogP contribution in [0.4, 0.5) is 0 Å². The van der Waals surface area contributed by atoms with E-state index in [-0.39, 0.29) is 11.9 Å². The molecule has 2 heterocycles. The van der Waals surface area contributed by atoms with Crippen molar-refractivity contribution in [2.24, 2.45) is 0 Å². The quantitative estimate of drug-likeness (QED) is 0.736. The minimum Gasteiger partial charge on any atom is -0.351 e. The fraction of sp³-hybridized carbons (Fsp3) is 0.562. The van der Waals surface area contributed by atoms with E-state index in [9.17, 15) is 13.2 Å². The summed E-state index contributed by atoms with van der Waals surface area (Å²) in [6, 6.07) is -0.670. The molecular formula is C16H24N4O3S. The first-order valence-electron chi connectivity index (χ1n) is 8.22. The van der Waals surface area contributed by atoms with Crippen molar-refractivity contribution in [3.8, 4) is 0 Å². The van der Waals surface area contributed by atoms with Crippen LogP contribution in [-0.2, 0) is 15.0 Å². The summed E-state index contributed by atoms with van der Waals surface area (Å²) in [5, 5.41) is 6.13. The number of carbonyl (C=O) groups is 1. The first-order valence-corrected chi connectivity index (χ1v) is 9.62. The first-order chi connectivity index (χ1) is 11.4. The van der Waals surface area contributed by atoms with Crippen molar-refractivity contribution < 1.29 is 13.2 Å². The Morgan fingerprint density at radius 2 is 2.12 bits per heavy atom. The molecule has 3 rings (SSSR count). The number of rotatable bonds is 5. The molecule has 0 saturated heterocycles. The number of allylic oxidation sites excluding steroid dienone is 3. The number of nitrogens with zero attached hydrogens (tertiary/aromatic N) is 2. The third kappa shape index (κ3) is 3.40. The van der Waals surface area contributed by atoms with Gasteiger partial charge in [-0.1, -0.05) is 18.2 Å². The lowest BCUT2D eigenvalue weighted by Gasteiger charge is -2.37. The maximum Gasteiger partial charge on any atom is 0.304 e. The first kappa shape index (κ1) is 17.2. The predicted octanol–water partition coefficient (Wildman–Crippen LogP) is 0.115. The Bertz CT molecular complexity index is 705. The summed E-state index contributed by atoms with van der Waals surface area (Å²) in [6.45, 7) is 1.49. The highest BCUT2D eigenvalue weighted by atomic mass is 32.2. The molecule has 1 atom stereocenters. The van der Waals surface area contributed by atoms with Gasteiger partial charge in [0, 0.05) is 26.7 Å². The normalized spacial score (nSPS) is 24.6. The van der Waals surface area contributed by atoms with Gasteiger partial charge in [0.2, 0.25) is 5.91 Å². The molecule has 2 N–H and O–H groups in total. The molecule has 1 unspecified atom stereocenters. The summed E-state index contributed by atoms with van der Waals surface area (Å²) in [6.07, 6.45) is 9.84. The summed E-state index contributed by atoms with van der Waals surface area (Å²) < 4.78 is 28.2. The highest BCUT2D eigenvalue weighted by molar-refractivity contribution is 7.86. The highest BCUT2D eigenvalue weighted by Crippen LogP contribution is 2.30. The van der Waals surface area contributed by atoms with Gasteiger partial charge >= 0.3 is 10.2 Å². The van der Waals surface area contributed by atoms with Crippen LogP contribution in [0.2, 0.25) is 0 Å². The van der Waals surface area contributed by atoms with Gasteiger partial charge in [-0.3, -0.25) is 4.79 Å². The molecule has 0 spiro atoms. The van der Waals surface area contributed by atoms with Crippen molar-refractivity contribution in [3.05, 3.63) is 35.6 Å². The third-order valence-electron chi connectivity index (χ3n) is 4.33. The van der Waals surface area contributed by atoms with Crippen molar-refractivity contribution in [1.82, 2.24) is 19.2 Å². The zero-order valence-electron chi connectivity index (χ0n) is 14.0. The molecule has 3 aliphatic rings. The smallest absolute Gasteiger partial charge is 0.304 e. The van der Waals surface area contributed by atoms with Crippen molar-refractivity contribution in [2.75, 3.05) is 27.2 Å². The lowest BCUT2D eigenvalue weighted by atomic mass is 10.0. The van der Waals surface area contributed by atoms with Crippen LogP contribution in [0, 0.1) is 0 Å². The molecular weight excluding hydrogens is 328 g/mol. The fourth-order valence-corrected chi connectivity index (χ4v) is 4.04. The maximum absolute atomic E-state index is 12.9. The second kappa shape index (κ2) is 6.70. The summed E-state index contributed by atoms with van der Waals surface area (Å²) in [5.74, 6) is -0.265. The molecule has 1 amide bonds. The Morgan fingerprint density at radius 1 is 1.38 bits per heavy atom. The van der Waals surface area contributed by atoms with E-state index in [1.165, 1.54) is 18.4 Å². The van der Waals surface area contributed by atoms with E-state index >= 15 is 0 Å². The molecule has 0 bridgehead atoms. The van der Waals surface area contributed by atoms with E-state index in [1.807, 2.05) is 6.08 Å². The van der Waals surface area contributed by atoms with Crippen LogP contribution in [0.3, 0.4) is 0 Å². The van der Waals surface area contributed by atoms with Crippen molar-refractivity contribution in [3.63, 3.8) is 0 Å². The maximum atomic E-state index is 12.9. The van der Waals surface area contributed by atoms with Gasteiger partial charge in [-0.15, -0.1) is 0 Å². The zero-order valence-corrected chi connectivity index (χ0v) is 14.8. The minimum absolute atomic E-state index is 0.183. The van der Waals surface area contributed by atoms with Crippen LogP contribution in [0.5, 0.6) is 0 Å². The zero-order chi connectivity index (χ0) is 17.3. The van der Waals surface area contributed by atoms with Gasteiger partial charge in [0.1, 0.15) is 6.04 Å². The lowest BCUT2D eigenvalue weighted by molar-refractivity contribution is -0.123. The van der Waals surface area contributed by atoms with Crippen molar-refractivity contribution >= 4 is 16.1 Å². The highest BCUT2D eigenvalue weighted by Gasteiger charge is 2.40. The van der Waals surface area contributed by atoms with Crippen LogP contribution < -0.4 is 10.6 Å². The molecule has 8 heteroatoms. The predicted molar refractivity (Wildman–Crippen MR) is 92.2 cm³/mol. The molecule has 0 aromatic rings. The molecule has 0 aromatic heterocycles. The Kier molecular flexibility index (Phi) is 4.80. The number of nitrogens with one attached hydrogen (secondary N) is 2. The van der Waals surface area contributed by atoms with Crippen molar-refractivity contribution in [1.29, 1.82) is 0 Å². The summed E-state index contributed by atoms with van der Waals surface area (Å²) >= 11 is 0. The van der Waals surface area contributed by atoms with Gasteiger partial charge in [-0.05, 0) is 37.5 Å². The van der Waals surface area contributed by atoms with Gasteiger partial charge in [0.25, 0.3) is 0 Å². The lowest BCUT2D eigenvalue weighted by Crippen LogP contribution is -2.52. The van der Waals surface area contributed by atoms with Gasteiger partial charge in [-0.25, -0.2) is 4.31 Å². The average molecular weight is 352 g/mol. The average Bonchev–Trinajstić information content (AvgIpc) is 3.38. The third-order valence-corrected chi connectivity index (χ3v) is 6.18. The van der Waals surface area contributed by atoms with E-state index in [4.69, 9.17) is 0 Å². The van der Waals surface area contributed by atoms with Gasteiger partial charge in [-0.2, -0.15) is 12.7 Å². The van der Waals surface area contributed by atoms with Crippen molar-refractivity contribution in [2.45, 2.75) is 31.3 Å². The molecule has 24 heavy (non-hydrogen) atoms. The minimum atomic E-state index is -3.78. The number of carbonyl (C=O) groups excluding carboxylic acids is 1. The molecule has 1 saturated carbocycles. The SMILES string of the molecule is CN(C)S(=O)(=O)N1C(C2=CCNCC2)=CC=CC1C(=O)NC1CC1. The van der Waals surface area contributed by atoms with E-state index in [2.05, 4.69) is 10.6 Å². The Labute approximate surface area is 143 Å². The second-order valence-corrected chi connectivity index (χ2v) is 8.45. The van der Waals surface area contributed by atoms with Gasteiger partial charge in [0.05, 0.1) is 5.70 Å². The van der Waals surface area contributed by atoms with Crippen LogP contribution >= 0.6 is 0 Å². The molecule has 1 aliphatic carbocycles. The summed E-state index contributed by atoms with van der Waals surface area (Å²) in [5.41, 5.74) is 1.54. The molecule has 0 aromatic carbocycles.